The number of halogens is 3. The van der Waals surface area contributed by atoms with Crippen molar-refractivity contribution < 1.29 is 18.0 Å². The highest BCUT2D eigenvalue weighted by molar-refractivity contribution is 5.77. The molecule has 1 aromatic heterocycles. The molecule has 28 heavy (non-hydrogen) atoms. The van der Waals surface area contributed by atoms with Crippen molar-refractivity contribution in [3.05, 3.63) is 52.3 Å². The van der Waals surface area contributed by atoms with Gasteiger partial charge in [-0.25, -0.2) is 0 Å². The van der Waals surface area contributed by atoms with Crippen molar-refractivity contribution in [1.29, 1.82) is 0 Å². The molecule has 1 amide bonds. The fourth-order valence-corrected chi connectivity index (χ4v) is 4.60. The minimum Gasteiger partial charge on any atom is -0.334 e. The lowest BCUT2D eigenvalue weighted by Gasteiger charge is -2.27. The first kappa shape index (κ1) is 19.0. The lowest BCUT2D eigenvalue weighted by atomic mass is 9.95. The fraction of sp³-hybridized carbons (Fsp3) is 0.524. The van der Waals surface area contributed by atoms with Crippen LogP contribution in [-0.2, 0) is 30.4 Å². The second-order valence-corrected chi connectivity index (χ2v) is 7.74. The summed E-state index contributed by atoms with van der Waals surface area (Å²) >= 11 is 0. The maximum absolute atomic E-state index is 13.4. The van der Waals surface area contributed by atoms with Crippen LogP contribution in [0.25, 0.3) is 0 Å². The van der Waals surface area contributed by atoms with E-state index in [1.807, 2.05) is 36.1 Å². The Bertz CT molecular complexity index is 888. The number of carbonyl (C=O) groups is 1. The van der Waals surface area contributed by atoms with Crippen LogP contribution in [0.1, 0.15) is 59.8 Å². The van der Waals surface area contributed by atoms with Crippen molar-refractivity contribution in [3.63, 3.8) is 0 Å². The minimum atomic E-state index is -4.48. The maximum atomic E-state index is 13.4. The van der Waals surface area contributed by atoms with Gasteiger partial charge in [-0.05, 0) is 56.6 Å². The van der Waals surface area contributed by atoms with Crippen molar-refractivity contribution >= 4 is 5.91 Å². The number of fused-ring (bicyclic) bond motifs is 1. The molecule has 1 aliphatic carbocycles. The monoisotopic (exact) mass is 391 g/mol. The summed E-state index contributed by atoms with van der Waals surface area (Å²) in [5.41, 5.74) is 2.30. The van der Waals surface area contributed by atoms with Crippen molar-refractivity contribution in [1.82, 2.24) is 14.7 Å². The Kier molecular flexibility index (Phi) is 4.93. The van der Waals surface area contributed by atoms with Crippen molar-refractivity contribution in [2.45, 2.75) is 64.2 Å². The van der Waals surface area contributed by atoms with E-state index in [9.17, 15) is 18.0 Å². The van der Waals surface area contributed by atoms with E-state index < -0.39 is 11.9 Å². The molecule has 0 N–H and O–H groups in total. The van der Waals surface area contributed by atoms with Gasteiger partial charge >= 0.3 is 6.18 Å². The van der Waals surface area contributed by atoms with E-state index in [2.05, 4.69) is 5.10 Å². The van der Waals surface area contributed by atoms with Crippen LogP contribution in [0.2, 0.25) is 0 Å². The van der Waals surface area contributed by atoms with Crippen LogP contribution >= 0.6 is 0 Å². The Morgan fingerprint density at radius 2 is 1.93 bits per heavy atom. The number of hydrogen-bond acceptors (Lipinski definition) is 2. The lowest BCUT2D eigenvalue weighted by molar-refractivity contribution is -0.142. The largest absolute Gasteiger partial charge is 0.435 e. The van der Waals surface area contributed by atoms with Gasteiger partial charge in [0, 0.05) is 17.8 Å². The molecule has 7 heteroatoms. The highest BCUT2D eigenvalue weighted by Crippen LogP contribution is 2.37. The van der Waals surface area contributed by atoms with E-state index in [0.717, 1.165) is 36.8 Å². The first-order valence-electron chi connectivity index (χ1n) is 9.87. The molecule has 150 valence electrons. The van der Waals surface area contributed by atoms with Crippen LogP contribution < -0.4 is 0 Å². The van der Waals surface area contributed by atoms with E-state index in [4.69, 9.17) is 0 Å². The van der Waals surface area contributed by atoms with Crippen LogP contribution in [0.4, 0.5) is 13.2 Å². The van der Waals surface area contributed by atoms with Gasteiger partial charge in [-0.15, -0.1) is 0 Å². The number of amides is 1. The Hall–Kier alpha value is -2.31. The summed E-state index contributed by atoms with van der Waals surface area (Å²) in [7, 11) is 0. The fourth-order valence-electron chi connectivity index (χ4n) is 4.60. The Balaban J connectivity index is 1.60. The Labute approximate surface area is 162 Å². The molecule has 4 nitrogen and oxygen atoms in total. The van der Waals surface area contributed by atoms with Gasteiger partial charge in [0.25, 0.3) is 0 Å². The molecule has 0 spiro atoms. The number of likely N-dealkylation sites (tertiary alicyclic amines) is 1. The molecule has 2 heterocycles. The van der Waals surface area contributed by atoms with E-state index in [1.54, 1.807) is 0 Å². The number of carbonyl (C=O) groups excluding carboxylic acids is 1. The molecule has 2 aromatic rings. The predicted octanol–water partition coefficient (Wildman–Crippen LogP) is 4.45. The maximum Gasteiger partial charge on any atom is 0.435 e. The van der Waals surface area contributed by atoms with Gasteiger partial charge in [-0.2, -0.15) is 18.3 Å². The van der Waals surface area contributed by atoms with Gasteiger partial charge in [-0.3, -0.25) is 9.48 Å². The highest BCUT2D eigenvalue weighted by Gasteiger charge is 2.40. The van der Waals surface area contributed by atoms with Crippen LogP contribution in [0.15, 0.2) is 24.3 Å². The molecular weight excluding hydrogens is 367 g/mol. The Morgan fingerprint density at radius 1 is 1.18 bits per heavy atom. The number of hydrogen-bond donors (Lipinski definition) is 0. The number of benzene rings is 1. The lowest BCUT2D eigenvalue weighted by Crippen LogP contribution is -2.34. The van der Waals surface area contributed by atoms with Gasteiger partial charge < -0.3 is 4.90 Å². The molecule has 1 aliphatic heterocycles. The molecule has 0 saturated carbocycles. The third-order valence-corrected chi connectivity index (χ3v) is 5.93. The summed E-state index contributed by atoms with van der Waals surface area (Å²) in [5.74, 6) is -0.157. The van der Waals surface area contributed by atoms with Crippen molar-refractivity contribution in [2.75, 3.05) is 6.54 Å². The zero-order valence-electron chi connectivity index (χ0n) is 15.9. The Morgan fingerprint density at radius 3 is 2.68 bits per heavy atom. The van der Waals surface area contributed by atoms with Crippen molar-refractivity contribution in [3.8, 4) is 0 Å². The van der Waals surface area contributed by atoms with Crippen LogP contribution in [0, 0.1) is 6.92 Å². The molecule has 1 saturated heterocycles. The van der Waals surface area contributed by atoms with E-state index in [1.165, 1.54) is 4.68 Å². The highest BCUT2D eigenvalue weighted by atomic mass is 19.4. The summed E-state index contributed by atoms with van der Waals surface area (Å²) in [6, 6.07) is 7.97. The summed E-state index contributed by atoms with van der Waals surface area (Å²) in [5, 5.41) is 3.83. The second-order valence-electron chi connectivity index (χ2n) is 7.74. The summed E-state index contributed by atoms with van der Waals surface area (Å²) in [6.45, 7) is 2.53. The van der Waals surface area contributed by atoms with E-state index in [-0.39, 0.29) is 24.1 Å². The normalized spacial score (nSPS) is 19.7. The minimum absolute atomic E-state index is 0.0119. The van der Waals surface area contributed by atoms with Gasteiger partial charge in [0.15, 0.2) is 5.69 Å². The van der Waals surface area contributed by atoms with Gasteiger partial charge in [0.1, 0.15) is 6.54 Å². The number of nitrogens with zero attached hydrogens (tertiary/aromatic N) is 3. The molecule has 2 aliphatic rings. The number of rotatable bonds is 3. The molecule has 4 rings (SSSR count). The van der Waals surface area contributed by atoms with Gasteiger partial charge in [0.2, 0.25) is 5.91 Å². The topological polar surface area (TPSA) is 38.1 Å². The zero-order valence-corrected chi connectivity index (χ0v) is 15.9. The molecule has 0 bridgehead atoms. The first-order valence-corrected chi connectivity index (χ1v) is 9.87. The molecular formula is C21H24F3N3O. The van der Waals surface area contributed by atoms with E-state index >= 15 is 0 Å². The summed E-state index contributed by atoms with van der Waals surface area (Å²) in [4.78, 5) is 14.9. The zero-order chi connectivity index (χ0) is 19.9. The second kappa shape index (κ2) is 7.26. The number of aromatic nitrogens is 2. The van der Waals surface area contributed by atoms with E-state index in [0.29, 0.717) is 25.1 Å². The third kappa shape index (κ3) is 3.42. The molecule has 1 atom stereocenters. The molecule has 0 unspecified atom stereocenters. The standard InChI is InChI=1S/C21H24F3N3O/c1-14-7-2-3-8-15(14)17-11-6-12-26(17)19(28)13-27-18-10-5-4-9-16(18)20(25-27)21(22,23)24/h2-3,7-8,17H,4-6,9-13H2,1H3/t17-/m1/s1. The quantitative estimate of drug-likeness (QED) is 0.775. The molecule has 0 radical (unpaired) electrons. The number of aryl methyl sites for hydroxylation is 1. The predicted molar refractivity (Wildman–Crippen MR) is 98.7 cm³/mol. The number of alkyl halides is 3. The van der Waals surface area contributed by atoms with Crippen molar-refractivity contribution in [2.24, 2.45) is 0 Å². The summed E-state index contributed by atoms with van der Waals surface area (Å²) < 4.78 is 41.5. The van der Waals surface area contributed by atoms with Crippen LogP contribution in [0.5, 0.6) is 0 Å². The first-order chi connectivity index (χ1) is 13.4. The molecule has 1 aromatic carbocycles. The third-order valence-electron chi connectivity index (χ3n) is 5.93. The SMILES string of the molecule is Cc1ccccc1[C@H]1CCCN1C(=O)Cn1nc(C(F)(F)F)c2c1CCCC2. The average molecular weight is 391 g/mol. The summed E-state index contributed by atoms with van der Waals surface area (Å²) in [6.07, 6.45) is -0.206. The van der Waals surface area contributed by atoms with Gasteiger partial charge in [0.05, 0.1) is 6.04 Å². The van der Waals surface area contributed by atoms with Crippen LogP contribution in [-0.4, -0.2) is 27.1 Å². The molecule has 1 fully saturated rings. The van der Waals surface area contributed by atoms with Crippen LogP contribution in [0.3, 0.4) is 0 Å². The van der Waals surface area contributed by atoms with Gasteiger partial charge in [-0.1, -0.05) is 24.3 Å². The smallest absolute Gasteiger partial charge is 0.334 e. The average Bonchev–Trinajstić information content (AvgIpc) is 3.27.